The molecule has 0 bridgehead atoms. The van der Waals surface area contributed by atoms with Crippen LogP contribution in [0, 0.1) is 0 Å². The van der Waals surface area contributed by atoms with E-state index in [2.05, 4.69) is 4.99 Å². The van der Waals surface area contributed by atoms with Crippen LogP contribution in [0.3, 0.4) is 0 Å². The highest BCUT2D eigenvalue weighted by Crippen LogP contribution is 1.70. The quantitative estimate of drug-likeness (QED) is 0.406. The SMILES string of the molecule is CCC(N)=NC.Cl. The van der Waals surface area contributed by atoms with Crippen LogP contribution in [0.5, 0.6) is 0 Å². The van der Waals surface area contributed by atoms with Gasteiger partial charge >= 0.3 is 0 Å². The van der Waals surface area contributed by atoms with Gasteiger partial charge in [0.2, 0.25) is 0 Å². The van der Waals surface area contributed by atoms with Crippen LogP contribution < -0.4 is 5.73 Å². The van der Waals surface area contributed by atoms with E-state index in [0.717, 1.165) is 12.3 Å². The second kappa shape index (κ2) is 5.76. The third kappa shape index (κ3) is 5.76. The zero-order valence-electron chi connectivity index (χ0n) is 4.64. The first-order chi connectivity index (χ1) is 2.81. The van der Waals surface area contributed by atoms with Gasteiger partial charge < -0.3 is 5.73 Å². The molecule has 0 aliphatic heterocycles. The van der Waals surface area contributed by atoms with Gasteiger partial charge in [-0.15, -0.1) is 12.4 Å². The number of hydrogen-bond acceptors (Lipinski definition) is 1. The summed E-state index contributed by atoms with van der Waals surface area (Å²) in [5.74, 6) is 0.718. The predicted molar refractivity (Wildman–Crippen MR) is 35.1 cm³/mol. The lowest BCUT2D eigenvalue weighted by Crippen LogP contribution is -2.08. The molecule has 0 aromatic carbocycles. The lowest BCUT2D eigenvalue weighted by molar-refractivity contribution is 1.22. The summed E-state index contributed by atoms with van der Waals surface area (Å²) in [4.78, 5) is 3.70. The molecule has 0 aromatic rings. The molecular weight excluding hydrogens is 112 g/mol. The van der Waals surface area contributed by atoms with Crippen molar-refractivity contribution in [3.63, 3.8) is 0 Å². The van der Waals surface area contributed by atoms with Crippen LogP contribution in [0.4, 0.5) is 0 Å². The molecule has 0 aromatic heterocycles. The van der Waals surface area contributed by atoms with E-state index in [-0.39, 0.29) is 12.4 Å². The van der Waals surface area contributed by atoms with Crippen LogP contribution in [0.15, 0.2) is 4.99 Å². The first-order valence-corrected chi connectivity index (χ1v) is 2.02. The van der Waals surface area contributed by atoms with Crippen LogP contribution in [0.1, 0.15) is 13.3 Å². The van der Waals surface area contributed by atoms with E-state index in [0.29, 0.717) is 0 Å². The number of amidine groups is 1. The largest absolute Gasteiger partial charge is 0.387 e. The van der Waals surface area contributed by atoms with Gasteiger partial charge in [-0.1, -0.05) is 6.92 Å². The maximum absolute atomic E-state index is 5.22. The van der Waals surface area contributed by atoms with Crippen LogP contribution in [0.2, 0.25) is 0 Å². The van der Waals surface area contributed by atoms with Crippen LogP contribution >= 0.6 is 12.4 Å². The van der Waals surface area contributed by atoms with Gasteiger partial charge in [-0.3, -0.25) is 4.99 Å². The van der Waals surface area contributed by atoms with Gasteiger partial charge in [0.25, 0.3) is 0 Å². The number of hydrogen-bond donors (Lipinski definition) is 1. The number of nitrogens with two attached hydrogens (primary N) is 1. The number of aliphatic imine (C=N–C) groups is 1. The fraction of sp³-hybridized carbons (Fsp3) is 0.750. The van der Waals surface area contributed by atoms with Gasteiger partial charge in [0.05, 0.1) is 5.84 Å². The Morgan fingerprint density at radius 3 is 2.14 bits per heavy atom. The van der Waals surface area contributed by atoms with Crippen molar-refractivity contribution < 1.29 is 0 Å². The average molecular weight is 123 g/mol. The summed E-state index contributed by atoms with van der Waals surface area (Å²) in [6.07, 6.45) is 0.858. The summed E-state index contributed by atoms with van der Waals surface area (Å²) in [6, 6.07) is 0. The standard InChI is InChI=1S/C4H10N2.ClH/c1-3-4(5)6-2;/h3H2,1-2H3,(H2,5,6);1H. The first-order valence-electron chi connectivity index (χ1n) is 2.02. The average Bonchev–Trinajstić information content (AvgIpc) is 1.65. The monoisotopic (exact) mass is 122 g/mol. The molecule has 2 N–H and O–H groups in total. The molecule has 0 heterocycles. The van der Waals surface area contributed by atoms with Crippen molar-refractivity contribution in [3.8, 4) is 0 Å². The molecule has 0 saturated heterocycles. The van der Waals surface area contributed by atoms with Crippen molar-refractivity contribution in [2.24, 2.45) is 10.7 Å². The minimum absolute atomic E-state index is 0. The minimum Gasteiger partial charge on any atom is -0.387 e. The van der Waals surface area contributed by atoms with E-state index >= 15 is 0 Å². The molecule has 0 unspecified atom stereocenters. The minimum atomic E-state index is 0. The van der Waals surface area contributed by atoms with E-state index < -0.39 is 0 Å². The van der Waals surface area contributed by atoms with E-state index in [1.807, 2.05) is 6.92 Å². The summed E-state index contributed by atoms with van der Waals surface area (Å²) in [5, 5.41) is 0. The molecule has 7 heavy (non-hydrogen) atoms. The van der Waals surface area contributed by atoms with Crippen LogP contribution in [-0.4, -0.2) is 12.9 Å². The Morgan fingerprint density at radius 2 is 2.14 bits per heavy atom. The number of rotatable bonds is 1. The third-order valence-corrected chi connectivity index (χ3v) is 0.649. The predicted octanol–water partition coefficient (Wildman–Crippen LogP) is 0.805. The Morgan fingerprint density at radius 1 is 1.71 bits per heavy atom. The molecule has 0 amide bonds. The molecule has 2 nitrogen and oxygen atoms in total. The van der Waals surface area contributed by atoms with Crippen molar-refractivity contribution in [2.75, 3.05) is 7.05 Å². The van der Waals surface area contributed by atoms with Gasteiger partial charge in [-0.05, 0) is 0 Å². The summed E-state index contributed by atoms with van der Waals surface area (Å²) in [6.45, 7) is 1.97. The van der Waals surface area contributed by atoms with Gasteiger partial charge in [0.1, 0.15) is 0 Å². The molecule has 0 spiro atoms. The van der Waals surface area contributed by atoms with Crippen molar-refractivity contribution >= 4 is 18.2 Å². The Labute approximate surface area is 50.2 Å². The van der Waals surface area contributed by atoms with Crippen molar-refractivity contribution in [2.45, 2.75) is 13.3 Å². The molecule has 0 fully saturated rings. The molecule has 0 aliphatic carbocycles. The third-order valence-electron chi connectivity index (χ3n) is 0.649. The summed E-state index contributed by atoms with van der Waals surface area (Å²) >= 11 is 0. The Bertz CT molecular complexity index is 60.7. The van der Waals surface area contributed by atoms with E-state index in [4.69, 9.17) is 5.73 Å². The van der Waals surface area contributed by atoms with Crippen molar-refractivity contribution in [3.05, 3.63) is 0 Å². The highest BCUT2D eigenvalue weighted by molar-refractivity contribution is 5.85. The highest BCUT2D eigenvalue weighted by atomic mass is 35.5. The molecule has 44 valence electrons. The maximum atomic E-state index is 5.22. The highest BCUT2D eigenvalue weighted by Gasteiger charge is 1.75. The van der Waals surface area contributed by atoms with Gasteiger partial charge in [0.15, 0.2) is 0 Å². The van der Waals surface area contributed by atoms with Crippen LogP contribution in [-0.2, 0) is 0 Å². The molecule has 0 aliphatic rings. The van der Waals surface area contributed by atoms with Gasteiger partial charge in [0, 0.05) is 13.5 Å². The first kappa shape index (κ1) is 9.90. The zero-order valence-corrected chi connectivity index (χ0v) is 5.46. The fourth-order valence-corrected chi connectivity index (χ4v) is 0.158. The topological polar surface area (TPSA) is 38.4 Å². The van der Waals surface area contributed by atoms with E-state index in [1.54, 1.807) is 7.05 Å². The number of halogens is 1. The van der Waals surface area contributed by atoms with Crippen LogP contribution in [0.25, 0.3) is 0 Å². The molecule has 0 saturated carbocycles. The summed E-state index contributed by atoms with van der Waals surface area (Å²) in [7, 11) is 1.69. The second-order valence-electron chi connectivity index (χ2n) is 1.07. The summed E-state index contributed by atoms with van der Waals surface area (Å²) < 4.78 is 0. The van der Waals surface area contributed by atoms with E-state index in [9.17, 15) is 0 Å². The zero-order chi connectivity index (χ0) is 4.99. The van der Waals surface area contributed by atoms with E-state index in [1.165, 1.54) is 0 Å². The molecule has 0 atom stereocenters. The molecular formula is C4H11ClN2. The lowest BCUT2D eigenvalue weighted by Gasteiger charge is -1.85. The normalized spacial score (nSPS) is 10.3. The molecule has 0 radical (unpaired) electrons. The molecule has 0 rings (SSSR count). The number of nitrogens with zero attached hydrogens (tertiary/aromatic N) is 1. The van der Waals surface area contributed by atoms with Gasteiger partial charge in [-0.25, -0.2) is 0 Å². The Hall–Kier alpha value is -0.240. The lowest BCUT2D eigenvalue weighted by atomic mass is 10.5. The van der Waals surface area contributed by atoms with Crippen molar-refractivity contribution in [1.29, 1.82) is 0 Å². The van der Waals surface area contributed by atoms with Gasteiger partial charge in [-0.2, -0.15) is 0 Å². The fourth-order valence-electron chi connectivity index (χ4n) is 0.158. The second-order valence-corrected chi connectivity index (χ2v) is 1.07. The summed E-state index contributed by atoms with van der Waals surface area (Å²) in [5.41, 5.74) is 5.22. The smallest absolute Gasteiger partial charge is 0.0930 e. The molecule has 3 heteroatoms. The maximum Gasteiger partial charge on any atom is 0.0930 e. The van der Waals surface area contributed by atoms with Crippen molar-refractivity contribution in [1.82, 2.24) is 0 Å². The Balaban J connectivity index is 0. The Kier molecular flexibility index (Phi) is 8.15.